The van der Waals surface area contributed by atoms with Crippen LogP contribution in [0.25, 0.3) is 0 Å². The molecule has 0 aliphatic heterocycles. The van der Waals surface area contributed by atoms with E-state index in [1.54, 1.807) is 6.92 Å². The number of ether oxygens (including phenoxy) is 1. The Morgan fingerprint density at radius 2 is 1.88 bits per heavy atom. The number of halogens is 1. The van der Waals surface area contributed by atoms with E-state index in [1.807, 2.05) is 11.9 Å². The standard InChI is InChI=1S/C16H24FNO5S/c1-4-22-16(19)10-12-18(2)11-9-15(23-24(3,20)21)13-5-7-14(17)8-6-13/h5-8,15H,4,9-12H2,1-3H3/t15-/m0/s1. The zero-order valence-electron chi connectivity index (χ0n) is 14.2. The largest absolute Gasteiger partial charge is 0.466 e. The fourth-order valence-electron chi connectivity index (χ4n) is 2.12. The van der Waals surface area contributed by atoms with E-state index in [-0.39, 0.29) is 12.4 Å². The van der Waals surface area contributed by atoms with Crippen molar-refractivity contribution in [1.82, 2.24) is 4.90 Å². The quantitative estimate of drug-likeness (QED) is 0.469. The predicted octanol–water partition coefficient (Wildman–Crippen LogP) is 2.12. The van der Waals surface area contributed by atoms with Crippen molar-refractivity contribution in [3.8, 4) is 0 Å². The van der Waals surface area contributed by atoms with Crippen molar-refractivity contribution < 1.29 is 26.5 Å². The average molecular weight is 361 g/mol. The van der Waals surface area contributed by atoms with E-state index in [2.05, 4.69) is 0 Å². The van der Waals surface area contributed by atoms with Crippen LogP contribution in [-0.2, 0) is 23.8 Å². The number of hydrogen-bond donors (Lipinski definition) is 0. The Balaban J connectivity index is 2.62. The van der Waals surface area contributed by atoms with Crippen LogP contribution in [0.2, 0.25) is 0 Å². The Morgan fingerprint density at radius 3 is 2.42 bits per heavy atom. The van der Waals surface area contributed by atoms with Gasteiger partial charge in [0.2, 0.25) is 0 Å². The number of nitrogens with zero attached hydrogens (tertiary/aromatic N) is 1. The lowest BCUT2D eigenvalue weighted by atomic mass is 10.1. The van der Waals surface area contributed by atoms with Gasteiger partial charge in [-0.1, -0.05) is 12.1 Å². The van der Waals surface area contributed by atoms with E-state index in [1.165, 1.54) is 24.3 Å². The van der Waals surface area contributed by atoms with E-state index in [4.69, 9.17) is 8.92 Å². The van der Waals surface area contributed by atoms with Gasteiger partial charge in [-0.15, -0.1) is 0 Å². The van der Waals surface area contributed by atoms with E-state index in [0.29, 0.717) is 31.7 Å². The van der Waals surface area contributed by atoms with Gasteiger partial charge < -0.3 is 9.64 Å². The third kappa shape index (κ3) is 8.37. The monoisotopic (exact) mass is 361 g/mol. The number of benzene rings is 1. The molecule has 0 amide bonds. The topological polar surface area (TPSA) is 72.9 Å². The van der Waals surface area contributed by atoms with Crippen molar-refractivity contribution in [3.05, 3.63) is 35.6 Å². The van der Waals surface area contributed by atoms with Crippen LogP contribution in [0.4, 0.5) is 4.39 Å². The summed E-state index contributed by atoms with van der Waals surface area (Å²) in [6.07, 6.45) is 0.926. The highest BCUT2D eigenvalue weighted by atomic mass is 32.2. The van der Waals surface area contributed by atoms with Crippen LogP contribution in [0.1, 0.15) is 31.4 Å². The highest BCUT2D eigenvalue weighted by Crippen LogP contribution is 2.23. The Labute approximate surface area is 142 Å². The van der Waals surface area contributed by atoms with Gasteiger partial charge in [-0.25, -0.2) is 4.39 Å². The van der Waals surface area contributed by atoms with Crippen LogP contribution in [0.15, 0.2) is 24.3 Å². The van der Waals surface area contributed by atoms with Crippen molar-refractivity contribution >= 4 is 16.1 Å². The highest BCUT2D eigenvalue weighted by Gasteiger charge is 2.19. The summed E-state index contributed by atoms with van der Waals surface area (Å²) in [5.74, 6) is -0.671. The molecule has 0 radical (unpaired) electrons. The Morgan fingerprint density at radius 1 is 1.25 bits per heavy atom. The minimum Gasteiger partial charge on any atom is -0.466 e. The lowest BCUT2D eigenvalue weighted by Gasteiger charge is -2.21. The fourth-order valence-corrected chi connectivity index (χ4v) is 2.75. The molecule has 0 saturated heterocycles. The molecule has 8 heteroatoms. The minimum absolute atomic E-state index is 0.262. The molecular formula is C16H24FNO5S. The molecule has 1 aromatic rings. The third-order valence-corrected chi connectivity index (χ3v) is 3.89. The van der Waals surface area contributed by atoms with Crippen LogP contribution in [0.3, 0.4) is 0 Å². The molecule has 1 rings (SSSR count). The maximum Gasteiger partial charge on any atom is 0.307 e. The normalized spacial score (nSPS) is 13.0. The summed E-state index contributed by atoms with van der Waals surface area (Å²) in [4.78, 5) is 13.2. The number of carbonyl (C=O) groups is 1. The molecule has 136 valence electrons. The second-order valence-electron chi connectivity index (χ2n) is 5.49. The maximum atomic E-state index is 13.0. The second kappa shape index (κ2) is 9.71. The number of esters is 1. The van der Waals surface area contributed by atoms with Crippen molar-refractivity contribution in [2.75, 3.05) is 33.0 Å². The van der Waals surface area contributed by atoms with Crippen molar-refractivity contribution in [3.63, 3.8) is 0 Å². The zero-order chi connectivity index (χ0) is 18.2. The van der Waals surface area contributed by atoms with Crippen molar-refractivity contribution in [2.24, 2.45) is 0 Å². The molecule has 0 unspecified atom stereocenters. The van der Waals surface area contributed by atoms with Crippen LogP contribution in [0, 0.1) is 5.82 Å². The molecule has 0 saturated carbocycles. The molecular weight excluding hydrogens is 337 g/mol. The van der Waals surface area contributed by atoms with Gasteiger partial charge in [0.25, 0.3) is 10.1 Å². The molecule has 0 aromatic heterocycles. The summed E-state index contributed by atoms with van der Waals surface area (Å²) < 4.78 is 45.9. The minimum atomic E-state index is -3.65. The summed E-state index contributed by atoms with van der Waals surface area (Å²) in [7, 11) is -1.83. The molecule has 0 fully saturated rings. The second-order valence-corrected chi connectivity index (χ2v) is 7.09. The summed E-state index contributed by atoms with van der Waals surface area (Å²) in [6.45, 7) is 3.10. The predicted molar refractivity (Wildman–Crippen MR) is 88.4 cm³/mol. The van der Waals surface area contributed by atoms with E-state index in [9.17, 15) is 17.6 Å². The number of carbonyl (C=O) groups excluding carboxylic acids is 1. The van der Waals surface area contributed by atoms with E-state index < -0.39 is 22.0 Å². The van der Waals surface area contributed by atoms with Gasteiger partial charge in [0.1, 0.15) is 11.9 Å². The molecule has 24 heavy (non-hydrogen) atoms. The Hall–Kier alpha value is -1.51. The summed E-state index contributed by atoms with van der Waals surface area (Å²) >= 11 is 0. The molecule has 1 aromatic carbocycles. The van der Waals surface area contributed by atoms with Gasteiger partial charge in [0.05, 0.1) is 19.3 Å². The first kappa shape index (κ1) is 20.5. The summed E-state index contributed by atoms with van der Waals surface area (Å²) in [5.41, 5.74) is 0.584. The summed E-state index contributed by atoms with van der Waals surface area (Å²) in [5, 5.41) is 0. The summed E-state index contributed by atoms with van der Waals surface area (Å²) in [6, 6.07) is 5.53. The first-order valence-electron chi connectivity index (χ1n) is 7.69. The van der Waals surface area contributed by atoms with Crippen LogP contribution >= 0.6 is 0 Å². The Bertz CT molecular complexity index is 618. The number of rotatable bonds is 10. The van der Waals surface area contributed by atoms with Crippen molar-refractivity contribution in [1.29, 1.82) is 0 Å². The van der Waals surface area contributed by atoms with Gasteiger partial charge in [-0.3, -0.25) is 8.98 Å². The molecule has 0 heterocycles. The fraction of sp³-hybridized carbons (Fsp3) is 0.562. The van der Waals surface area contributed by atoms with Crippen LogP contribution in [-0.4, -0.2) is 52.3 Å². The SMILES string of the molecule is CCOC(=O)CCN(C)CC[C@H](OS(C)(=O)=O)c1ccc(F)cc1. The van der Waals surface area contributed by atoms with Crippen molar-refractivity contribution in [2.45, 2.75) is 25.9 Å². The first-order valence-corrected chi connectivity index (χ1v) is 9.50. The van der Waals surface area contributed by atoms with Gasteiger partial charge in [0.15, 0.2) is 0 Å². The smallest absolute Gasteiger partial charge is 0.307 e. The van der Waals surface area contributed by atoms with Gasteiger partial charge in [0, 0.05) is 13.1 Å². The zero-order valence-corrected chi connectivity index (χ0v) is 15.0. The van der Waals surface area contributed by atoms with E-state index in [0.717, 1.165) is 6.26 Å². The lowest BCUT2D eigenvalue weighted by Crippen LogP contribution is -2.26. The molecule has 0 bridgehead atoms. The Kier molecular flexibility index (Phi) is 8.30. The molecule has 0 aliphatic carbocycles. The maximum absolute atomic E-state index is 13.0. The van der Waals surface area contributed by atoms with E-state index >= 15 is 0 Å². The number of hydrogen-bond acceptors (Lipinski definition) is 6. The molecule has 0 aliphatic rings. The average Bonchev–Trinajstić information content (AvgIpc) is 2.49. The molecule has 0 spiro atoms. The lowest BCUT2D eigenvalue weighted by molar-refractivity contribution is -0.143. The van der Waals surface area contributed by atoms with Gasteiger partial charge in [-0.2, -0.15) is 8.42 Å². The first-order chi connectivity index (χ1) is 11.2. The molecule has 6 nitrogen and oxygen atoms in total. The van der Waals surface area contributed by atoms with Gasteiger partial charge >= 0.3 is 5.97 Å². The van der Waals surface area contributed by atoms with Crippen LogP contribution < -0.4 is 0 Å². The highest BCUT2D eigenvalue weighted by molar-refractivity contribution is 7.86. The molecule has 1 atom stereocenters. The van der Waals surface area contributed by atoms with Crippen LogP contribution in [0.5, 0.6) is 0 Å². The third-order valence-electron chi connectivity index (χ3n) is 3.31. The molecule has 0 N–H and O–H groups in total. The van der Waals surface area contributed by atoms with Gasteiger partial charge in [-0.05, 0) is 38.1 Å².